The summed E-state index contributed by atoms with van der Waals surface area (Å²) in [6.45, 7) is 6.82. The van der Waals surface area contributed by atoms with Crippen LogP contribution in [-0.2, 0) is 0 Å². The Morgan fingerprint density at radius 1 is 0.808 bits per heavy atom. The van der Waals surface area contributed by atoms with Crippen LogP contribution in [0.4, 0.5) is 5.69 Å². The van der Waals surface area contributed by atoms with Crippen molar-refractivity contribution < 1.29 is 4.43 Å². The third-order valence-electron chi connectivity index (χ3n) is 4.58. The van der Waals surface area contributed by atoms with E-state index in [9.17, 15) is 0 Å². The van der Waals surface area contributed by atoms with Crippen molar-refractivity contribution in [1.29, 1.82) is 0 Å². The quantitative estimate of drug-likeness (QED) is 0.335. The predicted octanol–water partition coefficient (Wildman–Crippen LogP) is 4.81. The molecule has 0 aromatic heterocycles. The van der Waals surface area contributed by atoms with E-state index < -0.39 is 8.32 Å². The number of hydrogen-bond acceptors (Lipinski definition) is 2. The van der Waals surface area contributed by atoms with Gasteiger partial charge in [-0.2, -0.15) is 0 Å². The van der Waals surface area contributed by atoms with E-state index in [1.807, 2.05) is 12.1 Å². The fourth-order valence-corrected chi connectivity index (χ4v) is 8.54. The molecule has 0 saturated carbocycles. The molecule has 0 unspecified atom stereocenters. The summed E-state index contributed by atoms with van der Waals surface area (Å²) in [4.78, 5) is 0. The maximum absolute atomic E-state index is 6.95. The van der Waals surface area contributed by atoms with Gasteiger partial charge >= 0.3 is 8.32 Å². The second kappa shape index (κ2) is 7.45. The molecule has 0 fully saturated rings. The van der Waals surface area contributed by atoms with Crippen molar-refractivity contribution in [2.24, 2.45) is 0 Å². The molecule has 0 saturated heterocycles. The summed E-state index contributed by atoms with van der Waals surface area (Å²) in [7, 11) is -2.59. The molecule has 3 rings (SSSR count). The Morgan fingerprint density at radius 3 is 1.73 bits per heavy atom. The Labute approximate surface area is 170 Å². The van der Waals surface area contributed by atoms with Gasteiger partial charge in [-0.3, -0.25) is 0 Å². The van der Waals surface area contributed by atoms with Crippen LogP contribution in [0, 0.1) is 3.57 Å². The highest BCUT2D eigenvalue weighted by Crippen LogP contribution is 2.38. The van der Waals surface area contributed by atoms with E-state index >= 15 is 0 Å². The Morgan fingerprint density at radius 2 is 1.31 bits per heavy atom. The predicted molar refractivity (Wildman–Crippen MR) is 122 cm³/mol. The maximum atomic E-state index is 6.95. The first-order valence-electron chi connectivity index (χ1n) is 8.69. The minimum absolute atomic E-state index is 0.0637. The lowest BCUT2D eigenvalue weighted by molar-refractivity contribution is 0.508. The molecular weight excluding hydrogens is 449 g/mol. The highest BCUT2D eigenvalue weighted by Gasteiger charge is 2.52. The zero-order chi connectivity index (χ0) is 18.8. The van der Waals surface area contributed by atoms with Gasteiger partial charge in [-0.1, -0.05) is 81.4 Å². The first-order valence-corrected chi connectivity index (χ1v) is 11.7. The third-order valence-corrected chi connectivity index (χ3v) is 10.2. The highest BCUT2D eigenvalue weighted by atomic mass is 127. The number of rotatable bonds is 4. The Balaban J connectivity index is 2.27. The zero-order valence-electron chi connectivity index (χ0n) is 15.4. The van der Waals surface area contributed by atoms with Crippen LogP contribution in [-0.4, -0.2) is 8.32 Å². The average Bonchev–Trinajstić information content (AvgIpc) is 2.59. The molecule has 2 N–H and O–H groups in total. The van der Waals surface area contributed by atoms with Crippen LogP contribution in [0.5, 0.6) is 5.75 Å². The number of anilines is 1. The first-order chi connectivity index (χ1) is 12.3. The molecule has 0 amide bonds. The molecule has 3 aromatic carbocycles. The van der Waals surface area contributed by atoms with E-state index in [1.54, 1.807) is 0 Å². The first kappa shape index (κ1) is 19.0. The minimum atomic E-state index is -2.59. The van der Waals surface area contributed by atoms with Crippen LogP contribution < -0.4 is 20.5 Å². The molecule has 0 aliphatic rings. The lowest BCUT2D eigenvalue weighted by Crippen LogP contribution is -2.68. The van der Waals surface area contributed by atoms with Gasteiger partial charge in [-0.05, 0) is 50.1 Å². The summed E-state index contributed by atoms with van der Waals surface area (Å²) in [6.07, 6.45) is 0. The van der Waals surface area contributed by atoms with Crippen molar-refractivity contribution >= 4 is 47.0 Å². The van der Waals surface area contributed by atoms with Crippen LogP contribution >= 0.6 is 22.6 Å². The Hall–Kier alpha value is -1.79. The number of halogens is 1. The fourth-order valence-electron chi connectivity index (χ4n) is 3.47. The summed E-state index contributed by atoms with van der Waals surface area (Å²) in [5.41, 5.74) is 6.82. The SMILES string of the molecule is CC(C)(C)[Si](Oc1cc(N)cc(I)c1)(c1ccccc1)c1ccccc1. The van der Waals surface area contributed by atoms with E-state index in [0.29, 0.717) is 0 Å². The molecule has 26 heavy (non-hydrogen) atoms. The molecule has 134 valence electrons. The van der Waals surface area contributed by atoms with Crippen molar-refractivity contribution in [2.75, 3.05) is 5.73 Å². The van der Waals surface area contributed by atoms with Crippen LogP contribution in [0.3, 0.4) is 0 Å². The smallest absolute Gasteiger partial charge is 0.319 e. The molecule has 0 atom stereocenters. The van der Waals surface area contributed by atoms with E-state index in [1.165, 1.54) is 10.4 Å². The molecule has 0 aliphatic heterocycles. The van der Waals surface area contributed by atoms with Crippen LogP contribution in [0.15, 0.2) is 78.9 Å². The molecule has 0 bridgehead atoms. The fraction of sp³-hybridized carbons (Fsp3) is 0.182. The summed E-state index contributed by atoms with van der Waals surface area (Å²) in [5.74, 6) is 0.837. The van der Waals surface area contributed by atoms with Gasteiger partial charge in [-0.15, -0.1) is 0 Å². The highest BCUT2D eigenvalue weighted by molar-refractivity contribution is 14.1. The molecule has 0 aliphatic carbocycles. The monoisotopic (exact) mass is 473 g/mol. The molecule has 0 radical (unpaired) electrons. The summed E-state index contributed by atoms with van der Waals surface area (Å²) in [6, 6.07) is 27.2. The van der Waals surface area contributed by atoms with Gasteiger partial charge in [0.25, 0.3) is 0 Å². The normalized spacial score (nSPS) is 12.0. The molecule has 4 heteroatoms. The molecule has 0 spiro atoms. The van der Waals surface area contributed by atoms with E-state index in [2.05, 4.69) is 110 Å². The standard InChI is InChI=1S/C22H24INOSi/c1-22(2,3)26(20-10-6-4-7-11-20,21-12-8-5-9-13-21)25-19-15-17(23)14-18(24)16-19/h4-16H,24H2,1-3H3. The largest absolute Gasteiger partial charge is 0.534 e. The van der Waals surface area contributed by atoms with E-state index in [0.717, 1.165) is 15.0 Å². The topological polar surface area (TPSA) is 35.2 Å². The Bertz CT molecular complexity index is 816. The number of benzene rings is 3. The summed E-state index contributed by atoms with van der Waals surface area (Å²) < 4.78 is 8.03. The van der Waals surface area contributed by atoms with Gasteiger partial charge in [0.1, 0.15) is 5.75 Å². The maximum Gasteiger partial charge on any atom is 0.319 e. The second-order valence-electron chi connectivity index (χ2n) is 7.49. The zero-order valence-corrected chi connectivity index (χ0v) is 18.5. The second-order valence-corrected chi connectivity index (χ2v) is 13.0. The van der Waals surface area contributed by atoms with Gasteiger partial charge in [0.05, 0.1) is 0 Å². The van der Waals surface area contributed by atoms with E-state index in [-0.39, 0.29) is 5.04 Å². The average molecular weight is 473 g/mol. The van der Waals surface area contributed by atoms with Gasteiger partial charge in [0.2, 0.25) is 0 Å². The van der Waals surface area contributed by atoms with Crippen molar-refractivity contribution in [1.82, 2.24) is 0 Å². The number of nitrogens with two attached hydrogens (primary N) is 1. The lowest BCUT2D eigenvalue weighted by atomic mass is 10.2. The Kier molecular flexibility index (Phi) is 5.44. The number of nitrogen functional groups attached to an aromatic ring is 1. The lowest BCUT2D eigenvalue weighted by Gasteiger charge is -2.43. The molecular formula is C22H24INOSi. The van der Waals surface area contributed by atoms with Crippen LogP contribution in [0.25, 0.3) is 0 Å². The van der Waals surface area contributed by atoms with Crippen molar-refractivity contribution in [3.8, 4) is 5.75 Å². The van der Waals surface area contributed by atoms with Crippen molar-refractivity contribution in [3.05, 3.63) is 82.4 Å². The molecule has 2 nitrogen and oxygen atoms in total. The summed E-state index contributed by atoms with van der Waals surface area (Å²) in [5, 5.41) is 2.46. The summed E-state index contributed by atoms with van der Waals surface area (Å²) >= 11 is 2.29. The van der Waals surface area contributed by atoms with Crippen molar-refractivity contribution in [2.45, 2.75) is 25.8 Å². The third kappa shape index (κ3) is 3.66. The molecule has 0 heterocycles. The molecule has 3 aromatic rings. The van der Waals surface area contributed by atoms with Gasteiger partial charge in [0.15, 0.2) is 0 Å². The van der Waals surface area contributed by atoms with E-state index in [4.69, 9.17) is 10.2 Å². The number of hydrogen-bond donors (Lipinski definition) is 1. The van der Waals surface area contributed by atoms with Crippen LogP contribution in [0.2, 0.25) is 5.04 Å². The van der Waals surface area contributed by atoms with Gasteiger partial charge < -0.3 is 10.2 Å². The minimum Gasteiger partial charge on any atom is -0.534 e. The van der Waals surface area contributed by atoms with Crippen LogP contribution in [0.1, 0.15) is 20.8 Å². The van der Waals surface area contributed by atoms with Gasteiger partial charge in [0, 0.05) is 15.3 Å². The van der Waals surface area contributed by atoms with Gasteiger partial charge in [-0.25, -0.2) is 0 Å². The van der Waals surface area contributed by atoms with Crippen molar-refractivity contribution in [3.63, 3.8) is 0 Å².